The van der Waals surface area contributed by atoms with E-state index in [0.29, 0.717) is 37.6 Å². The molecule has 1 saturated carbocycles. The van der Waals surface area contributed by atoms with Gasteiger partial charge in [0.1, 0.15) is 11.6 Å². The van der Waals surface area contributed by atoms with Gasteiger partial charge in [0.15, 0.2) is 0 Å². The highest BCUT2D eigenvalue weighted by Crippen LogP contribution is 2.50. The molecule has 0 aromatic heterocycles. The first kappa shape index (κ1) is 28.2. The number of fused-ring (bicyclic) bond motifs is 1. The molecule has 1 amide bonds. The average Bonchev–Trinajstić information content (AvgIpc) is 3.71. The molecule has 1 heterocycles. The van der Waals surface area contributed by atoms with E-state index < -0.39 is 19.7 Å². The number of hydrogen-bond acceptors (Lipinski definition) is 5. The van der Waals surface area contributed by atoms with Gasteiger partial charge >= 0.3 is 0 Å². The van der Waals surface area contributed by atoms with E-state index in [0.717, 1.165) is 29.2 Å². The van der Waals surface area contributed by atoms with E-state index in [1.807, 2.05) is 23.1 Å². The molecular formula is C27H27Cl3FN3O4S. The molecule has 1 saturated heterocycles. The van der Waals surface area contributed by atoms with Crippen LogP contribution >= 0.6 is 34.8 Å². The minimum absolute atomic E-state index is 0.0952. The molecule has 0 bridgehead atoms. The number of ether oxygens (including phenoxy) is 1. The van der Waals surface area contributed by atoms with Gasteiger partial charge in [-0.25, -0.2) is 17.5 Å². The number of amides is 1. The molecule has 1 N–H and O–H groups in total. The number of alkyl halides is 3. The molecule has 0 atom stereocenters. The predicted octanol–water partition coefficient (Wildman–Crippen LogP) is 5.02. The first-order valence-electron chi connectivity index (χ1n) is 12.4. The summed E-state index contributed by atoms with van der Waals surface area (Å²) >= 11 is 17.2. The van der Waals surface area contributed by atoms with Crippen molar-refractivity contribution in [3.63, 3.8) is 0 Å². The van der Waals surface area contributed by atoms with Crippen LogP contribution in [0.5, 0.6) is 5.75 Å². The average molecular weight is 615 g/mol. The molecule has 5 rings (SSSR count). The van der Waals surface area contributed by atoms with Crippen LogP contribution in [0.3, 0.4) is 0 Å². The molecule has 39 heavy (non-hydrogen) atoms. The van der Waals surface area contributed by atoms with Crippen molar-refractivity contribution in [2.75, 3.05) is 44.7 Å². The summed E-state index contributed by atoms with van der Waals surface area (Å²) in [6, 6.07) is 15.1. The number of hydrogen-bond donors (Lipinski definition) is 1. The molecule has 208 valence electrons. The van der Waals surface area contributed by atoms with Gasteiger partial charge in [-0.3, -0.25) is 4.79 Å². The lowest BCUT2D eigenvalue weighted by Crippen LogP contribution is -2.51. The quantitative estimate of drug-likeness (QED) is 0.379. The summed E-state index contributed by atoms with van der Waals surface area (Å²) in [5.74, 6) is -0.413. The zero-order valence-electron chi connectivity index (χ0n) is 21.1. The maximum absolute atomic E-state index is 14.0. The van der Waals surface area contributed by atoms with Crippen LogP contribution in [-0.4, -0.2) is 62.9 Å². The van der Waals surface area contributed by atoms with E-state index in [2.05, 4.69) is 4.72 Å². The monoisotopic (exact) mass is 613 g/mol. The third-order valence-corrected chi connectivity index (χ3v) is 9.36. The topological polar surface area (TPSA) is 79.0 Å². The van der Waals surface area contributed by atoms with E-state index in [9.17, 15) is 17.6 Å². The lowest BCUT2D eigenvalue weighted by molar-refractivity contribution is -0.130. The summed E-state index contributed by atoms with van der Waals surface area (Å²) in [7, 11) is -2.36. The molecule has 12 heteroatoms. The molecular weight excluding hydrogens is 588 g/mol. The predicted molar refractivity (Wildman–Crippen MR) is 152 cm³/mol. The van der Waals surface area contributed by atoms with Gasteiger partial charge in [0.25, 0.3) is 9.70 Å². The minimum atomic E-state index is -3.88. The molecule has 0 radical (unpaired) electrons. The second kappa shape index (κ2) is 10.6. The zero-order valence-corrected chi connectivity index (χ0v) is 24.2. The summed E-state index contributed by atoms with van der Waals surface area (Å²) in [4.78, 5) is 15.8. The highest BCUT2D eigenvalue weighted by molar-refractivity contribution is 7.89. The smallest absolute Gasteiger partial charge is 0.274 e. The van der Waals surface area contributed by atoms with E-state index in [-0.39, 0.29) is 22.7 Å². The lowest BCUT2D eigenvalue weighted by atomic mass is 9.91. The molecule has 1 aliphatic carbocycles. The SMILES string of the molecule is COc1ccc(S(=O)(=O)NCC2(c3cccc4ccc(F)cc34)CC2)cc1N1CCN(C(=O)C(Cl)(Cl)Cl)CC1. The van der Waals surface area contributed by atoms with E-state index in [4.69, 9.17) is 39.5 Å². The van der Waals surface area contributed by atoms with Crippen molar-refractivity contribution in [1.82, 2.24) is 9.62 Å². The summed E-state index contributed by atoms with van der Waals surface area (Å²) in [6.07, 6.45) is 1.60. The van der Waals surface area contributed by atoms with Gasteiger partial charge in [-0.2, -0.15) is 0 Å². The normalized spacial score (nSPS) is 17.4. The van der Waals surface area contributed by atoms with Gasteiger partial charge in [-0.05, 0) is 59.5 Å². The van der Waals surface area contributed by atoms with Crippen molar-refractivity contribution >= 4 is 67.2 Å². The van der Waals surface area contributed by atoms with Crippen molar-refractivity contribution < 1.29 is 22.3 Å². The Kier molecular flexibility index (Phi) is 7.67. The van der Waals surface area contributed by atoms with Crippen molar-refractivity contribution in [2.45, 2.75) is 26.9 Å². The summed E-state index contributed by atoms with van der Waals surface area (Å²) in [6.45, 7) is 1.61. The van der Waals surface area contributed by atoms with E-state index >= 15 is 0 Å². The molecule has 7 nitrogen and oxygen atoms in total. The molecule has 0 spiro atoms. The molecule has 2 fully saturated rings. The van der Waals surface area contributed by atoms with Gasteiger partial charge in [0.05, 0.1) is 17.7 Å². The van der Waals surface area contributed by atoms with Crippen LogP contribution in [-0.2, 0) is 20.2 Å². The highest BCUT2D eigenvalue weighted by atomic mass is 35.6. The standard InChI is InChI=1S/C27H27Cl3FN3O4S/c1-38-24-8-7-20(16-23(24)33-11-13-34(14-12-33)25(35)27(28,29)30)39(36,37)32-17-26(9-10-26)22-4-2-3-18-5-6-19(31)15-21(18)22/h2-8,15-16,32H,9-14,17H2,1H3. The zero-order chi connectivity index (χ0) is 28.0. The number of rotatable bonds is 7. The molecule has 1 aliphatic heterocycles. The fourth-order valence-corrected chi connectivity index (χ4v) is 6.64. The Labute approximate surface area is 241 Å². The number of nitrogens with zero attached hydrogens (tertiary/aromatic N) is 2. The largest absolute Gasteiger partial charge is 0.495 e. The van der Waals surface area contributed by atoms with Crippen LogP contribution in [0.1, 0.15) is 18.4 Å². The van der Waals surface area contributed by atoms with Gasteiger partial charge < -0.3 is 14.5 Å². The van der Waals surface area contributed by atoms with Gasteiger partial charge in [0, 0.05) is 38.1 Å². The summed E-state index contributed by atoms with van der Waals surface area (Å²) < 4.78 is 47.1. The van der Waals surface area contributed by atoms with Crippen LogP contribution in [0.2, 0.25) is 0 Å². The van der Waals surface area contributed by atoms with Gasteiger partial charge in [0.2, 0.25) is 10.0 Å². The first-order valence-corrected chi connectivity index (χ1v) is 15.0. The Morgan fingerprint density at radius 1 is 1.05 bits per heavy atom. The molecule has 0 unspecified atom stereocenters. The maximum Gasteiger partial charge on any atom is 0.274 e. The number of methoxy groups -OCH3 is 1. The fraction of sp³-hybridized carbons (Fsp3) is 0.370. The van der Waals surface area contributed by atoms with Gasteiger partial charge in [-0.1, -0.05) is 59.1 Å². The Morgan fingerprint density at radius 3 is 2.41 bits per heavy atom. The molecule has 3 aromatic carbocycles. The summed E-state index contributed by atoms with van der Waals surface area (Å²) in [5.41, 5.74) is 1.15. The number of sulfonamides is 1. The number of benzene rings is 3. The van der Waals surface area contributed by atoms with Gasteiger partial charge in [-0.15, -0.1) is 0 Å². The van der Waals surface area contributed by atoms with Crippen molar-refractivity contribution in [3.8, 4) is 5.75 Å². The third-order valence-electron chi connectivity index (χ3n) is 7.48. The minimum Gasteiger partial charge on any atom is -0.495 e. The van der Waals surface area contributed by atoms with Crippen molar-refractivity contribution in [3.05, 3.63) is 66.0 Å². The van der Waals surface area contributed by atoms with Crippen LogP contribution in [0.4, 0.5) is 10.1 Å². The number of nitrogens with one attached hydrogen (secondary N) is 1. The van der Waals surface area contributed by atoms with Crippen molar-refractivity contribution in [2.24, 2.45) is 0 Å². The lowest BCUT2D eigenvalue weighted by Gasteiger charge is -2.37. The second-order valence-corrected chi connectivity index (χ2v) is 13.9. The van der Waals surface area contributed by atoms with Crippen LogP contribution in [0.15, 0.2) is 59.5 Å². The van der Waals surface area contributed by atoms with Crippen LogP contribution in [0.25, 0.3) is 10.8 Å². The number of halogens is 4. The van der Waals surface area contributed by atoms with E-state index in [1.165, 1.54) is 30.2 Å². The van der Waals surface area contributed by atoms with E-state index in [1.54, 1.807) is 18.2 Å². The second-order valence-electron chi connectivity index (χ2n) is 9.89. The van der Waals surface area contributed by atoms with Crippen LogP contribution in [0, 0.1) is 5.82 Å². The number of carbonyl (C=O) groups is 1. The number of anilines is 1. The van der Waals surface area contributed by atoms with Crippen LogP contribution < -0.4 is 14.4 Å². The molecule has 3 aromatic rings. The Morgan fingerprint density at radius 2 is 1.77 bits per heavy atom. The maximum atomic E-state index is 14.0. The Bertz CT molecular complexity index is 1520. The Hall–Kier alpha value is -2.30. The third kappa shape index (κ3) is 5.79. The van der Waals surface area contributed by atoms with Crippen molar-refractivity contribution in [1.29, 1.82) is 0 Å². The first-order chi connectivity index (χ1) is 18.4. The highest BCUT2D eigenvalue weighted by Gasteiger charge is 2.46. The summed E-state index contributed by atoms with van der Waals surface area (Å²) in [5, 5.41) is 1.71. The molecule has 2 aliphatic rings. The number of piperazine rings is 1. The number of carbonyl (C=O) groups excluding carboxylic acids is 1. The Balaban J connectivity index is 1.34. The fourth-order valence-electron chi connectivity index (χ4n) is 5.13.